The van der Waals surface area contributed by atoms with Crippen LogP contribution in [0.1, 0.15) is 0 Å². The van der Waals surface area contributed by atoms with Crippen LogP contribution in [0, 0.1) is 11.6 Å². The van der Waals surface area contributed by atoms with Crippen LogP contribution in [0.2, 0.25) is 5.02 Å². The summed E-state index contributed by atoms with van der Waals surface area (Å²) in [6.07, 6.45) is 0. The van der Waals surface area contributed by atoms with Gasteiger partial charge in [0.05, 0.1) is 5.02 Å². The fourth-order valence-electron chi connectivity index (χ4n) is 1.46. The Balaban J connectivity index is 2.63. The first-order valence-corrected chi connectivity index (χ1v) is 4.97. The molecule has 0 heterocycles. The van der Waals surface area contributed by atoms with Crippen LogP contribution in [0.15, 0.2) is 36.4 Å². The highest BCUT2D eigenvalue weighted by Crippen LogP contribution is 2.31. The van der Waals surface area contributed by atoms with Crippen molar-refractivity contribution in [3.8, 4) is 11.1 Å². The van der Waals surface area contributed by atoms with Gasteiger partial charge in [0.25, 0.3) is 0 Å². The van der Waals surface area contributed by atoms with Gasteiger partial charge in [-0.2, -0.15) is 0 Å². The van der Waals surface area contributed by atoms with Crippen LogP contribution >= 0.6 is 11.6 Å². The summed E-state index contributed by atoms with van der Waals surface area (Å²) in [7, 11) is 0. The summed E-state index contributed by atoms with van der Waals surface area (Å²) < 4.78 is 26.5. The van der Waals surface area contributed by atoms with Gasteiger partial charge >= 0.3 is 0 Å². The van der Waals surface area contributed by atoms with E-state index in [1.165, 1.54) is 18.2 Å². The summed E-state index contributed by atoms with van der Waals surface area (Å²) in [5, 5.41) is 0.296. The standard InChI is InChI=1S/C12H8ClF2N/c13-10-6-7(16)4-5-8(10)9-2-1-3-11(14)12(9)15/h1-6H,16H2. The molecule has 0 bridgehead atoms. The fourth-order valence-corrected chi connectivity index (χ4v) is 1.75. The number of rotatable bonds is 1. The Hall–Kier alpha value is -1.61. The molecule has 0 saturated carbocycles. The molecule has 0 fully saturated rings. The zero-order valence-electron chi connectivity index (χ0n) is 8.18. The van der Waals surface area contributed by atoms with Crippen molar-refractivity contribution in [1.29, 1.82) is 0 Å². The Kier molecular flexibility index (Phi) is 2.79. The van der Waals surface area contributed by atoms with Crippen molar-refractivity contribution in [3.63, 3.8) is 0 Å². The zero-order valence-corrected chi connectivity index (χ0v) is 8.93. The van der Waals surface area contributed by atoms with Crippen LogP contribution in [0.4, 0.5) is 14.5 Å². The van der Waals surface area contributed by atoms with Gasteiger partial charge in [0, 0.05) is 16.8 Å². The Labute approximate surface area is 96.5 Å². The first kappa shape index (κ1) is 10.9. The Morgan fingerprint density at radius 1 is 1.00 bits per heavy atom. The maximum atomic E-state index is 13.5. The van der Waals surface area contributed by atoms with Crippen molar-refractivity contribution in [2.75, 3.05) is 5.73 Å². The normalized spacial score (nSPS) is 10.4. The van der Waals surface area contributed by atoms with E-state index in [1.807, 2.05) is 0 Å². The lowest BCUT2D eigenvalue weighted by molar-refractivity contribution is 0.511. The first-order chi connectivity index (χ1) is 7.59. The quantitative estimate of drug-likeness (QED) is 0.751. The summed E-state index contributed by atoms with van der Waals surface area (Å²) >= 11 is 5.92. The monoisotopic (exact) mass is 239 g/mol. The maximum Gasteiger partial charge on any atom is 0.166 e. The third-order valence-corrected chi connectivity index (χ3v) is 2.55. The minimum atomic E-state index is -0.908. The fraction of sp³-hybridized carbons (Fsp3) is 0. The minimum absolute atomic E-state index is 0.130. The van der Waals surface area contributed by atoms with Crippen LogP contribution < -0.4 is 5.73 Å². The summed E-state index contributed by atoms with van der Waals surface area (Å²) in [5.74, 6) is -1.81. The van der Waals surface area contributed by atoms with Gasteiger partial charge < -0.3 is 5.73 Å². The maximum absolute atomic E-state index is 13.5. The summed E-state index contributed by atoms with van der Waals surface area (Å²) in [5.41, 5.74) is 6.55. The van der Waals surface area contributed by atoms with E-state index in [4.69, 9.17) is 17.3 Å². The molecule has 0 radical (unpaired) electrons. The molecule has 0 aromatic heterocycles. The van der Waals surface area contributed by atoms with E-state index >= 15 is 0 Å². The largest absolute Gasteiger partial charge is 0.399 e. The first-order valence-electron chi connectivity index (χ1n) is 4.59. The van der Waals surface area contributed by atoms with Gasteiger partial charge in [-0.25, -0.2) is 8.78 Å². The lowest BCUT2D eigenvalue weighted by Crippen LogP contribution is -1.91. The van der Waals surface area contributed by atoms with Crippen molar-refractivity contribution in [1.82, 2.24) is 0 Å². The molecular formula is C12H8ClF2N. The second-order valence-corrected chi connectivity index (χ2v) is 3.75. The van der Waals surface area contributed by atoms with Crippen LogP contribution in [-0.4, -0.2) is 0 Å². The average Bonchev–Trinajstić information content (AvgIpc) is 2.23. The van der Waals surface area contributed by atoms with E-state index in [-0.39, 0.29) is 5.56 Å². The van der Waals surface area contributed by atoms with Gasteiger partial charge in [0.2, 0.25) is 0 Å². The molecule has 0 spiro atoms. The highest BCUT2D eigenvalue weighted by molar-refractivity contribution is 6.33. The van der Waals surface area contributed by atoms with E-state index in [1.54, 1.807) is 12.1 Å². The molecular weight excluding hydrogens is 232 g/mol. The molecule has 0 unspecified atom stereocenters. The number of benzene rings is 2. The molecule has 0 atom stereocenters. The number of anilines is 1. The van der Waals surface area contributed by atoms with E-state index in [9.17, 15) is 8.78 Å². The Morgan fingerprint density at radius 3 is 2.44 bits per heavy atom. The van der Waals surface area contributed by atoms with Crippen molar-refractivity contribution in [2.45, 2.75) is 0 Å². The van der Waals surface area contributed by atoms with E-state index in [2.05, 4.69) is 0 Å². The van der Waals surface area contributed by atoms with Gasteiger partial charge in [-0.05, 0) is 18.2 Å². The molecule has 1 nitrogen and oxygen atoms in total. The molecule has 0 aliphatic carbocycles. The number of nitrogens with two attached hydrogens (primary N) is 1. The van der Waals surface area contributed by atoms with E-state index in [0.717, 1.165) is 6.07 Å². The summed E-state index contributed by atoms with van der Waals surface area (Å²) in [6, 6.07) is 8.61. The molecule has 82 valence electrons. The van der Waals surface area contributed by atoms with Gasteiger partial charge in [0.15, 0.2) is 11.6 Å². The van der Waals surface area contributed by atoms with Crippen molar-refractivity contribution in [3.05, 3.63) is 53.1 Å². The number of hydrogen-bond donors (Lipinski definition) is 1. The second kappa shape index (κ2) is 4.10. The smallest absolute Gasteiger partial charge is 0.166 e. The predicted molar refractivity (Wildman–Crippen MR) is 61.2 cm³/mol. The van der Waals surface area contributed by atoms with Gasteiger partial charge in [-0.3, -0.25) is 0 Å². The van der Waals surface area contributed by atoms with Crippen molar-refractivity contribution in [2.24, 2.45) is 0 Å². The molecule has 0 aliphatic rings. The van der Waals surface area contributed by atoms with Crippen LogP contribution in [0.5, 0.6) is 0 Å². The molecule has 4 heteroatoms. The van der Waals surface area contributed by atoms with Gasteiger partial charge in [0.1, 0.15) is 0 Å². The number of halogens is 3. The number of nitrogen functional groups attached to an aromatic ring is 1. The van der Waals surface area contributed by atoms with E-state index in [0.29, 0.717) is 16.3 Å². The topological polar surface area (TPSA) is 26.0 Å². The third kappa shape index (κ3) is 1.86. The molecule has 0 saturated heterocycles. The van der Waals surface area contributed by atoms with Crippen molar-refractivity contribution >= 4 is 17.3 Å². The van der Waals surface area contributed by atoms with Crippen LogP contribution in [0.3, 0.4) is 0 Å². The zero-order chi connectivity index (χ0) is 11.7. The SMILES string of the molecule is Nc1ccc(-c2cccc(F)c2F)c(Cl)c1. The van der Waals surface area contributed by atoms with Crippen LogP contribution in [0.25, 0.3) is 11.1 Å². The molecule has 2 aromatic rings. The highest BCUT2D eigenvalue weighted by Gasteiger charge is 2.12. The molecule has 16 heavy (non-hydrogen) atoms. The van der Waals surface area contributed by atoms with E-state index < -0.39 is 11.6 Å². The molecule has 0 aliphatic heterocycles. The van der Waals surface area contributed by atoms with Crippen molar-refractivity contribution < 1.29 is 8.78 Å². The minimum Gasteiger partial charge on any atom is -0.399 e. The highest BCUT2D eigenvalue weighted by atomic mass is 35.5. The van der Waals surface area contributed by atoms with Gasteiger partial charge in [-0.15, -0.1) is 0 Å². The molecule has 2 rings (SSSR count). The lowest BCUT2D eigenvalue weighted by atomic mass is 10.0. The molecule has 0 amide bonds. The van der Waals surface area contributed by atoms with Gasteiger partial charge in [-0.1, -0.05) is 29.8 Å². The second-order valence-electron chi connectivity index (χ2n) is 3.34. The number of hydrogen-bond acceptors (Lipinski definition) is 1. The Morgan fingerprint density at radius 2 is 1.75 bits per heavy atom. The Bertz CT molecular complexity index is 541. The van der Waals surface area contributed by atoms with Crippen LogP contribution in [-0.2, 0) is 0 Å². The average molecular weight is 240 g/mol. The molecule has 2 aromatic carbocycles. The predicted octanol–water partition coefficient (Wildman–Crippen LogP) is 3.87. The summed E-state index contributed by atoms with van der Waals surface area (Å²) in [4.78, 5) is 0. The summed E-state index contributed by atoms with van der Waals surface area (Å²) in [6.45, 7) is 0. The molecule has 2 N–H and O–H groups in total. The lowest BCUT2D eigenvalue weighted by Gasteiger charge is -2.07. The third-order valence-electron chi connectivity index (χ3n) is 2.23.